The van der Waals surface area contributed by atoms with E-state index in [-0.39, 0.29) is 24.8 Å². The number of anilines is 1. The fourth-order valence-electron chi connectivity index (χ4n) is 3.38. The number of para-hydroxylation sites is 1. The molecule has 3 rings (SSSR count). The quantitative estimate of drug-likeness (QED) is 0.854. The van der Waals surface area contributed by atoms with Crippen molar-refractivity contribution in [1.82, 2.24) is 15.1 Å². The van der Waals surface area contributed by atoms with Crippen LogP contribution < -0.4 is 10.2 Å². The van der Waals surface area contributed by atoms with Crippen molar-refractivity contribution in [1.29, 1.82) is 0 Å². The summed E-state index contributed by atoms with van der Waals surface area (Å²) in [5.41, 5.74) is 1.31. The number of piperazine rings is 1. The summed E-state index contributed by atoms with van der Waals surface area (Å²) in [5.74, 6) is 0.319. The Hall–Kier alpha value is -1.01. The van der Waals surface area contributed by atoms with Crippen LogP contribution in [0.2, 0.25) is 0 Å². The summed E-state index contributed by atoms with van der Waals surface area (Å²) >= 11 is 0. The van der Waals surface area contributed by atoms with Crippen molar-refractivity contribution < 1.29 is 4.79 Å². The average molecular weight is 389 g/mol. The summed E-state index contributed by atoms with van der Waals surface area (Å²) in [6.45, 7) is 8.82. The van der Waals surface area contributed by atoms with Gasteiger partial charge in [0.05, 0.1) is 0 Å². The van der Waals surface area contributed by atoms with Gasteiger partial charge in [-0.05, 0) is 25.1 Å². The maximum atomic E-state index is 12.3. The molecule has 1 aromatic carbocycles. The summed E-state index contributed by atoms with van der Waals surface area (Å²) in [6, 6.07) is 10.6. The van der Waals surface area contributed by atoms with Crippen LogP contribution in [0.1, 0.15) is 12.8 Å². The standard InChI is InChI=1S/C18H28N4O.2ClH/c23-18(22-10-4-8-19-9-12-22)7-11-20-13-15-21(16-14-20)17-5-2-1-3-6-17;;/h1-3,5-6,19H,4,7-16H2;2*1H. The Morgan fingerprint density at radius 3 is 2.36 bits per heavy atom. The largest absolute Gasteiger partial charge is 0.369 e. The van der Waals surface area contributed by atoms with Gasteiger partial charge in [-0.3, -0.25) is 9.69 Å². The minimum absolute atomic E-state index is 0. The molecule has 0 saturated carbocycles. The summed E-state index contributed by atoms with van der Waals surface area (Å²) < 4.78 is 0. The number of hydrogen-bond donors (Lipinski definition) is 1. The maximum absolute atomic E-state index is 12.3. The molecule has 2 heterocycles. The summed E-state index contributed by atoms with van der Waals surface area (Å²) in [5, 5.41) is 3.35. The van der Waals surface area contributed by atoms with Crippen molar-refractivity contribution in [2.24, 2.45) is 0 Å². The van der Waals surface area contributed by atoms with Gasteiger partial charge in [-0.25, -0.2) is 0 Å². The number of rotatable bonds is 4. The first-order valence-corrected chi connectivity index (χ1v) is 8.84. The molecule has 0 atom stereocenters. The molecule has 25 heavy (non-hydrogen) atoms. The molecule has 2 fully saturated rings. The molecule has 0 radical (unpaired) electrons. The van der Waals surface area contributed by atoms with E-state index >= 15 is 0 Å². The summed E-state index contributed by atoms with van der Waals surface area (Å²) in [7, 11) is 0. The predicted molar refractivity (Wildman–Crippen MR) is 108 cm³/mol. The number of hydrogen-bond acceptors (Lipinski definition) is 4. The number of nitrogens with zero attached hydrogens (tertiary/aromatic N) is 3. The van der Waals surface area contributed by atoms with Crippen LogP contribution in [0.5, 0.6) is 0 Å². The highest BCUT2D eigenvalue weighted by atomic mass is 35.5. The first kappa shape index (κ1) is 22.0. The SMILES string of the molecule is Cl.Cl.O=C(CCN1CCN(c2ccccc2)CC1)N1CCCNCC1. The van der Waals surface area contributed by atoms with Crippen LogP contribution in [0.15, 0.2) is 30.3 Å². The number of nitrogens with one attached hydrogen (secondary N) is 1. The molecule has 2 saturated heterocycles. The van der Waals surface area contributed by atoms with Gasteiger partial charge in [0, 0.05) is 64.5 Å². The monoisotopic (exact) mass is 388 g/mol. The zero-order valence-electron chi connectivity index (χ0n) is 14.7. The maximum Gasteiger partial charge on any atom is 0.223 e. The third-order valence-corrected chi connectivity index (χ3v) is 4.83. The molecule has 1 aromatic rings. The van der Waals surface area contributed by atoms with E-state index in [4.69, 9.17) is 0 Å². The van der Waals surface area contributed by atoms with Gasteiger partial charge in [0.2, 0.25) is 5.91 Å². The molecular weight excluding hydrogens is 359 g/mol. The van der Waals surface area contributed by atoms with Crippen molar-refractivity contribution in [3.63, 3.8) is 0 Å². The lowest BCUT2D eigenvalue weighted by molar-refractivity contribution is -0.131. The number of halogens is 2. The number of benzene rings is 1. The topological polar surface area (TPSA) is 38.8 Å². The Morgan fingerprint density at radius 1 is 0.920 bits per heavy atom. The zero-order valence-corrected chi connectivity index (χ0v) is 16.4. The smallest absolute Gasteiger partial charge is 0.223 e. The molecular formula is C18H30Cl2N4O. The zero-order chi connectivity index (χ0) is 15.9. The molecule has 142 valence electrons. The molecule has 2 aliphatic rings. The highest BCUT2D eigenvalue weighted by Crippen LogP contribution is 2.15. The van der Waals surface area contributed by atoms with Crippen LogP contribution in [0, 0.1) is 0 Å². The first-order chi connectivity index (χ1) is 11.3. The van der Waals surface area contributed by atoms with E-state index in [1.54, 1.807) is 0 Å². The molecule has 7 heteroatoms. The van der Waals surface area contributed by atoms with Crippen molar-refractivity contribution in [2.45, 2.75) is 12.8 Å². The fourth-order valence-corrected chi connectivity index (χ4v) is 3.38. The van der Waals surface area contributed by atoms with Crippen LogP contribution in [-0.4, -0.2) is 74.6 Å². The van der Waals surface area contributed by atoms with Crippen LogP contribution in [0.3, 0.4) is 0 Å². The predicted octanol–water partition coefficient (Wildman–Crippen LogP) is 1.86. The van der Waals surface area contributed by atoms with Gasteiger partial charge in [-0.2, -0.15) is 0 Å². The molecule has 0 bridgehead atoms. The highest BCUT2D eigenvalue weighted by Gasteiger charge is 2.20. The summed E-state index contributed by atoms with van der Waals surface area (Å²) in [6.07, 6.45) is 1.73. The van der Waals surface area contributed by atoms with E-state index in [1.807, 2.05) is 4.90 Å². The van der Waals surface area contributed by atoms with Gasteiger partial charge < -0.3 is 15.1 Å². The third kappa shape index (κ3) is 6.66. The van der Waals surface area contributed by atoms with Gasteiger partial charge >= 0.3 is 0 Å². The van der Waals surface area contributed by atoms with E-state index in [2.05, 4.69) is 45.4 Å². The minimum atomic E-state index is 0. The summed E-state index contributed by atoms with van der Waals surface area (Å²) in [4.78, 5) is 19.2. The second kappa shape index (κ2) is 11.6. The lowest BCUT2D eigenvalue weighted by Gasteiger charge is -2.36. The average Bonchev–Trinajstić information content (AvgIpc) is 2.90. The third-order valence-electron chi connectivity index (χ3n) is 4.83. The van der Waals surface area contributed by atoms with Crippen LogP contribution in [0.4, 0.5) is 5.69 Å². The Bertz CT molecular complexity index is 487. The van der Waals surface area contributed by atoms with E-state index in [9.17, 15) is 4.79 Å². The first-order valence-electron chi connectivity index (χ1n) is 8.84. The van der Waals surface area contributed by atoms with Gasteiger partial charge in [0.15, 0.2) is 0 Å². The molecule has 2 aliphatic heterocycles. The van der Waals surface area contributed by atoms with Crippen LogP contribution >= 0.6 is 24.8 Å². The minimum Gasteiger partial charge on any atom is -0.369 e. The van der Waals surface area contributed by atoms with E-state index in [0.29, 0.717) is 12.3 Å². The molecule has 0 spiro atoms. The van der Waals surface area contributed by atoms with Crippen LogP contribution in [0.25, 0.3) is 0 Å². The Balaban J connectivity index is 0.00000156. The Kier molecular flexibility index (Phi) is 10.2. The molecule has 1 N–H and O–H groups in total. The number of carbonyl (C=O) groups is 1. The van der Waals surface area contributed by atoms with Crippen molar-refractivity contribution in [3.05, 3.63) is 30.3 Å². The number of carbonyl (C=O) groups excluding carboxylic acids is 1. The van der Waals surface area contributed by atoms with Crippen molar-refractivity contribution >= 4 is 36.4 Å². The normalized spacial score (nSPS) is 18.7. The highest BCUT2D eigenvalue weighted by molar-refractivity contribution is 5.85. The molecule has 0 aliphatic carbocycles. The Morgan fingerprint density at radius 2 is 1.64 bits per heavy atom. The second-order valence-electron chi connectivity index (χ2n) is 6.40. The second-order valence-corrected chi connectivity index (χ2v) is 6.40. The van der Waals surface area contributed by atoms with E-state index in [1.165, 1.54) is 5.69 Å². The van der Waals surface area contributed by atoms with E-state index < -0.39 is 0 Å². The van der Waals surface area contributed by atoms with Crippen molar-refractivity contribution in [3.8, 4) is 0 Å². The molecule has 0 aromatic heterocycles. The number of amides is 1. The van der Waals surface area contributed by atoms with Gasteiger partial charge in [-0.1, -0.05) is 18.2 Å². The fraction of sp³-hybridized carbons (Fsp3) is 0.611. The molecule has 0 unspecified atom stereocenters. The van der Waals surface area contributed by atoms with Crippen molar-refractivity contribution in [2.75, 3.05) is 63.8 Å². The molecule has 1 amide bonds. The van der Waals surface area contributed by atoms with Gasteiger partial charge in [0.1, 0.15) is 0 Å². The van der Waals surface area contributed by atoms with Gasteiger partial charge in [0.25, 0.3) is 0 Å². The van der Waals surface area contributed by atoms with Crippen LogP contribution in [-0.2, 0) is 4.79 Å². The van der Waals surface area contributed by atoms with Gasteiger partial charge in [-0.15, -0.1) is 24.8 Å². The van der Waals surface area contributed by atoms with E-state index in [0.717, 1.165) is 65.3 Å². The Labute approximate surface area is 163 Å². The lowest BCUT2D eigenvalue weighted by atomic mass is 10.2. The molecule has 5 nitrogen and oxygen atoms in total. The lowest BCUT2D eigenvalue weighted by Crippen LogP contribution is -2.47.